The van der Waals surface area contributed by atoms with Gasteiger partial charge in [0.05, 0.1) is 5.56 Å². The number of fused-ring (bicyclic) bond motifs is 2. The molecule has 0 heterocycles. The molecule has 3 aromatic carbocycles. The van der Waals surface area contributed by atoms with E-state index in [4.69, 9.17) is 4.74 Å². The second-order valence-electron chi connectivity index (χ2n) is 7.25. The first-order valence-electron chi connectivity index (χ1n) is 9.47. The van der Waals surface area contributed by atoms with E-state index >= 15 is 0 Å². The number of hydrogen-bond donors (Lipinski definition) is 0. The van der Waals surface area contributed by atoms with Crippen LogP contribution in [0.1, 0.15) is 63.7 Å². The molecule has 0 fully saturated rings. The van der Waals surface area contributed by atoms with Crippen molar-refractivity contribution >= 4 is 23.3 Å². The van der Waals surface area contributed by atoms with Crippen molar-refractivity contribution in [3.63, 3.8) is 0 Å². The van der Waals surface area contributed by atoms with Crippen LogP contribution in [0.3, 0.4) is 0 Å². The highest BCUT2D eigenvalue weighted by Crippen LogP contribution is 2.29. The maximum atomic E-state index is 13.0. The van der Waals surface area contributed by atoms with Crippen molar-refractivity contribution in [3.05, 3.63) is 105 Å². The Morgan fingerprint density at radius 3 is 2.17 bits per heavy atom. The Morgan fingerprint density at radius 1 is 0.767 bits per heavy atom. The molecule has 0 saturated carbocycles. The van der Waals surface area contributed by atoms with Crippen LogP contribution in [0.2, 0.25) is 0 Å². The van der Waals surface area contributed by atoms with E-state index in [1.807, 2.05) is 26.0 Å². The van der Waals surface area contributed by atoms with Crippen molar-refractivity contribution in [3.8, 4) is 0 Å². The van der Waals surface area contributed by atoms with Gasteiger partial charge in [0.25, 0.3) is 0 Å². The van der Waals surface area contributed by atoms with Crippen LogP contribution >= 0.6 is 0 Å². The molecule has 0 aromatic heterocycles. The quantitative estimate of drug-likeness (QED) is 0.382. The number of Topliss-reactive ketones (excluding diaryl/α,β-unsaturated/α-hetero) is 1. The molecule has 1 aliphatic carbocycles. The van der Waals surface area contributed by atoms with E-state index in [0.29, 0.717) is 11.1 Å². The minimum Gasteiger partial charge on any atom is -0.454 e. The molecule has 0 unspecified atom stereocenters. The zero-order chi connectivity index (χ0) is 21.4. The molecule has 0 amide bonds. The summed E-state index contributed by atoms with van der Waals surface area (Å²) in [4.78, 5) is 51.0. The van der Waals surface area contributed by atoms with Gasteiger partial charge >= 0.3 is 5.97 Å². The summed E-state index contributed by atoms with van der Waals surface area (Å²) >= 11 is 0. The highest BCUT2D eigenvalue weighted by atomic mass is 16.5. The zero-order valence-electron chi connectivity index (χ0n) is 16.5. The van der Waals surface area contributed by atoms with Gasteiger partial charge in [0.15, 0.2) is 18.2 Å². The van der Waals surface area contributed by atoms with Gasteiger partial charge in [-0.1, -0.05) is 54.1 Å². The van der Waals surface area contributed by atoms with E-state index < -0.39 is 18.4 Å². The van der Waals surface area contributed by atoms with E-state index in [1.165, 1.54) is 18.2 Å². The molecule has 3 aromatic rings. The molecule has 5 heteroatoms. The normalized spacial score (nSPS) is 12.2. The second-order valence-corrected chi connectivity index (χ2v) is 7.25. The van der Waals surface area contributed by atoms with Crippen LogP contribution < -0.4 is 0 Å². The van der Waals surface area contributed by atoms with Gasteiger partial charge in [0, 0.05) is 27.8 Å². The summed E-state index contributed by atoms with van der Waals surface area (Å²) in [5.74, 6) is -1.87. The summed E-state index contributed by atoms with van der Waals surface area (Å²) in [5, 5.41) is 0. The summed E-state index contributed by atoms with van der Waals surface area (Å²) in [6.07, 6.45) is 0. The Kier molecular flexibility index (Phi) is 4.88. The Balaban J connectivity index is 1.62. The number of carbonyl (C=O) groups excluding carboxylic acids is 4. The molecule has 0 bridgehead atoms. The lowest BCUT2D eigenvalue weighted by atomic mass is 9.82. The van der Waals surface area contributed by atoms with Gasteiger partial charge in [-0.3, -0.25) is 14.4 Å². The Hall–Kier alpha value is -3.86. The molecule has 30 heavy (non-hydrogen) atoms. The lowest BCUT2D eigenvalue weighted by Crippen LogP contribution is -2.25. The third-order valence-electron chi connectivity index (χ3n) is 5.20. The van der Waals surface area contributed by atoms with Crippen molar-refractivity contribution in [1.82, 2.24) is 0 Å². The number of ether oxygens (including phenoxy) is 1. The molecule has 0 saturated heterocycles. The molecule has 0 spiro atoms. The number of benzene rings is 3. The molecule has 148 valence electrons. The van der Waals surface area contributed by atoms with Crippen LogP contribution in [-0.4, -0.2) is 29.9 Å². The minimum absolute atomic E-state index is 0.0189. The molecule has 0 aliphatic heterocycles. The molecule has 5 nitrogen and oxygen atoms in total. The number of hydrogen-bond acceptors (Lipinski definition) is 5. The number of ketones is 3. The van der Waals surface area contributed by atoms with Crippen molar-refractivity contribution in [2.75, 3.05) is 6.61 Å². The monoisotopic (exact) mass is 398 g/mol. The van der Waals surface area contributed by atoms with Crippen molar-refractivity contribution < 1.29 is 23.9 Å². The van der Waals surface area contributed by atoms with Crippen molar-refractivity contribution in [1.29, 1.82) is 0 Å². The Labute approximate surface area is 173 Å². The molecule has 0 N–H and O–H groups in total. The molecule has 4 rings (SSSR count). The Bertz CT molecular complexity index is 1240. The predicted octanol–water partition coefficient (Wildman–Crippen LogP) is 4.12. The van der Waals surface area contributed by atoms with Gasteiger partial charge in [-0.05, 0) is 31.5 Å². The Morgan fingerprint density at radius 2 is 1.43 bits per heavy atom. The third kappa shape index (κ3) is 3.24. The maximum absolute atomic E-state index is 13.0. The summed E-state index contributed by atoms with van der Waals surface area (Å²) in [5.41, 5.74) is 2.92. The first-order valence-corrected chi connectivity index (χ1v) is 9.47. The molecule has 1 aliphatic rings. The highest BCUT2D eigenvalue weighted by Gasteiger charge is 2.33. The van der Waals surface area contributed by atoms with Gasteiger partial charge in [-0.2, -0.15) is 0 Å². The maximum Gasteiger partial charge on any atom is 0.339 e. The van der Waals surface area contributed by atoms with E-state index in [0.717, 1.165) is 11.1 Å². The first-order chi connectivity index (χ1) is 14.4. The summed E-state index contributed by atoms with van der Waals surface area (Å²) in [6.45, 7) is 3.23. The van der Waals surface area contributed by atoms with Gasteiger partial charge in [-0.25, -0.2) is 4.79 Å². The highest BCUT2D eigenvalue weighted by molar-refractivity contribution is 6.30. The number of esters is 1. The van der Waals surface area contributed by atoms with Crippen LogP contribution in [0.25, 0.3) is 0 Å². The molecular weight excluding hydrogens is 380 g/mol. The van der Waals surface area contributed by atoms with Crippen LogP contribution in [0.4, 0.5) is 0 Å². The van der Waals surface area contributed by atoms with E-state index in [9.17, 15) is 19.2 Å². The van der Waals surface area contributed by atoms with Gasteiger partial charge in [0.1, 0.15) is 0 Å². The molecular formula is C25H18O5. The molecule has 0 radical (unpaired) electrons. The summed E-state index contributed by atoms with van der Waals surface area (Å²) in [6, 6.07) is 16.5. The van der Waals surface area contributed by atoms with Crippen LogP contribution in [-0.2, 0) is 4.74 Å². The van der Waals surface area contributed by atoms with Gasteiger partial charge < -0.3 is 4.74 Å². The third-order valence-corrected chi connectivity index (χ3v) is 5.20. The van der Waals surface area contributed by atoms with E-state index in [2.05, 4.69) is 0 Å². The van der Waals surface area contributed by atoms with Gasteiger partial charge in [-0.15, -0.1) is 0 Å². The average Bonchev–Trinajstić information content (AvgIpc) is 2.76. The number of rotatable bonds is 4. The fourth-order valence-corrected chi connectivity index (χ4v) is 3.64. The van der Waals surface area contributed by atoms with E-state index in [-0.39, 0.29) is 33.8 Å². The topological polar surface area (TPSA) is 77.5 Å². The number of carbonyl (C=O) groups is 4. The lowest BCUT2D eigenvalue weighted by Gasteiger charge is -2.19. The summed E-state index contributed by atoms with van der Waals surface area (Å²) < 4.78 is 5.22. The van der Waals surface area contributed by atoms with Crippen LogP contribution in [0.15, 0.2) is 60.7 Å². The largest absolute Gasteiger partial charge is 0.454 e. The van der Waals surface area contributed by atoms with Crippen LogP contribution in [0, 0.1) is 13.8 Å². The zero-order valence-corrected chi connectivity index (χ0v) is 16.5. The first kappa shape index (κ1) is 19.5. The average molecular weight is 398 g/mol. The minimum atomic E-state index is -0.814. The second kappa shape index (κ2) is 7.52. The predicted molar refractivity (Wildman–Crippen MR) is 110 cm³/mol. The van der Waals surface area contributed by atoms with E-state index in [1.54, 1.807) is 30.3 Å². The lowest BCUT2D eigenvalue weighted by molar-refractivity contribution is 0.0472. The summed E-state index contributed by atoms with van der Waals surface area (Å²) in [7, 11) is 0. The van der Waals surface area contributed by atoms with Crippen LogP contribution in [0.5, 0.6) is 0 Å². The van der Waals surface area contributed by atoms with Gasteiger partial charge in [0.2, 0.25) is 5.78 Å². The van der Waals surface area contributed by atoms with Crippen molar-refractivity contribution in [2.45, 2.75) is 13.8 Å². The van der Waals surface area contributed by atoms with Crippen molar-refractivity contribution in [2.24, 2.45) is 0 Å². The number of aryl methyl sites for hydroxylation is 2. The standard InChI is InChI=1S/C25H18O5/c1-14-10-11-15(2)20(12-14)21(26)13-30-25(29)19-9-5-8-18-22(19)24(28)17-7-4-3-6-16(17)23(18)27/h3-12H,13H2,1-2H3. The smallest absolute Gasteiger partial charge is 0.339 e. The SMILES string of the molecule is Cc1ccc(C)c(C(=O)COC(=O)c2cccc3c2C(=O)c2ccccc2C3=O)c1. The molecule has 0 atom stereocenters. The fraction of sp³-hybridized carbons (Fsp3) is 0.120. The fourth-order valence-electron chi connectivity index (χ4n) is 3.64.